The van der Waals surface area contributed by atoms with Crippen LogP contribution in [0, 0.1) is 0 Å². The van der Waals surface area contributed by atoms with Crippen LogP contribution in [0.1, 0.15) is 39.2 Å². The number of ether oxygens (including phenoxy) is 1. The number of benzene rings is 1. The van der Waals surface area contributed by atoms with Crippen molar-refractivity contribution in [1.29, 1.82) is 0 Å². The third kappa shape index (κ3) is 4.22. The van der Waals surface area contributed by atoms with Crippen molar-refractivity contribution in [3.63, 3.8) is 0 Å². The van der Waals surface area contributed by atoms with E-state index in [1.165, 1.54) is 4.90 Å². The van der Waals surface area contributed by atoms with Gasteiger partial charge < -0.3 is 14.5 Å². The van der Waals surface area contributed by atoms with Crippen molar-refractivity contribution in [2.45, 2.75) is 39.7 Å². The number of amides is 2. The third-order valence-electron chi connectivity index (χ3n) is 5.21. The number of hydrogen-bond acceptors (Lipinski definition) is 5. The summed E-state index contributed by atoms with van der Waals surface area (Å²) >= 11 is 0. The summed E-state index contributed by atoms with van der Waals surface area (Å²) < 4.78 is 5.71. The number of imide groups is 1. The van der Waals surface area contributed by atoms with E-state index in [4.69, 9.17) is 4.74 Å². The van der Waals surface area contributed by atoms with Gasteiger partial charge in [-0.2, -0.15) is 0 Å². The van der Waals surface area contributed by atoms with Crippen LogP contribution in [0.5, 0.6) is 5.75 Å². The molecule has 1 aromatic rings. The second-order valence-electron chi connectivity index (χ2n) is 7.82. The summed E-state index contributed by atoms with van der Waals surface area (Å²) in [6.07, 6.45) is 1.85. The molecule has 1 saturated heterocycles. The van der Waals surface area contributed by atoms with Gasteiger partial charge in [0.05, 0.1) is 11.7 Å². The SMILES string of the molecule is CCCCN1C(=O)C(c2ccc(OC(C)C)cc2)=C(N2CCN(C)CC2)C1=O. The predicted molar refractivity (Wildman–Crippen MR) is 110 cm³/mol. The van der Waals surface area contributed by atoms with Gasteiger partial charge in [0.2, 0.25) is 0 Å². The third-order valence-corrected chi connectivity index (χ3v) is 5.21. The molecule has 0 N–H and O–H groups in total. The molecule has 28 heavy (non-hydrogen) atoms. The largest absolute Gasteiger partial charge is 0.491 e. The number of carbonyl (C=O) groups is 2. The highest BCUT2D eigenvalue weighted by molar-refractivity contribution is 6.35. The number of rotatable bonds is 7. The molecule has 2 aliphatic heterocycles. The summed E-state index contributed by atoms with van der Waals surface area (Å²) in [5.74, 6) is 0.436. The van der Waals surface area contributed by atoms with Gasteiger partial charge in [0, 0.05) is 32.7 Å². The smallest absolute Gasteiger partial charge is 0.277 e. The Balaban J connectivity index is 1.95. The average Bonchev–Trinajstić information content (AvgIpc) is 2.91. The molecular weight excluding hydrogens is 354 g/mol. The van der Waals surface area contributed by atoms with Crippen LogP contribution >= 0.6 is 0 Å². The molecule has 0 unspecified atom stereocenters. The molecule has 0 radical (unpaired) electrons. The monoisotopic (exact) mass is 385 g/mol. The first-order valence-corrected chi connectivity index (χ1v) is 10.2. The Hall–Kier alpha value is -2.34. The molecule has 2 aliphatic rings. The first-order valence-electron chi connectivity index (χ1n) is 10.2. The fraction of sp³-hybridized carbons (Fsp3) is 0.545. The highest BCUT2D eigenvalue weighted by atomic mass is 16.5. The first kappa shape index (κ1) is 20.4. The summed E-state index contributed by atoms with van der Waals surface area (Å²) in [6, 6.07) is 7.52. The molecule has 0 bridgehead atoms. The van der Waals surface area contributed by atoms with E-state index in [0.29, 0.717) is 17.8 Å². The number of carbonyl (C=O) groups excluding carboxylic acids is 2. The van der Waals surface area contributed by atoms with Crippen LogP contribution in [0.15, 0.2) is 30.0 Å². The molecule has 0 atom stereocenters. The normalized spacial score (nSPS) is 18.6. The van der Waals surface area contributed by atoms with E-state index >= 15 is 0 Å². The number of piperazine rings is 1. The Kier molecular flexibility index (Phi) is 6.39. The molecule has 0 spiro atoms. The first-order chi connectivity index (χ1) is 13.4. The number of nitrogens with zero attached hydrogens (tertiary/aromatic N) is 3. The molecule has 0 aromatic heterocycles. The highest BCUT2D eigenvalue weighted by Gasteiger charge is 2.41. The van der Waals surface area contributed by atoms with Gasteiger partial charge in [0.1, 0.15) is 11.4 Å². The highest BCUT2D eigenvalue weighted by Crippen LogP contribution is 2.33. The van der Waals surface area contributed by atoms with Gasteiger partial charge in [-0.1, -0.05) is 25.5 Å². The Morgan fingerprint density at radius 2 is 1.64 bits per heavy atom. The molecule has 2 heterocycles. The number of unbranched alkanes of at least 4 members (excludes halogenated alkanes) is 1. The van der Waals surface area contributed by atoms with Gasteiger partial charge in [-0.05, 0) is 45.0 Å². The zero-order valence-corrected chi connectivity index (χ0v) is 17.4. The summed E-state index contributed by atoms with van der Waals surface area (Å²) in [7, 11) is 2.08. The van der Waals surface area contributed by atoms with Crippen LogP contribution in [-0.4, -0.2) is 72.4 Å². The van der Waals surface area contributed by atoms with Crippen molar-refractivity contribution in [3.8, 4) is 5.75 Å². The maximum absolute atomic E-state index is 13.2. The quantitative estimate of drug-likeness (QED) is 0.676. The van der Waals surface area contributed by atoms with E-state index in [9.17, 15) is 9.59 Å². The predicted octanol–water partition coefficient (Wildman–Crippen LogP) is 2.60. The van der Waals surface area contributed by atoms with Crippen molar-refractivity contribution in [2.24, 2.45) is 0 Å². The van der Waals surface area contributed by atoms with Crippen LogP contribution in [0.3, 0.4) is 0 Å². The van der Waals surface area contributed by atoms with Crippen LogP contribution in [0.2, 0.25) is 0 Å². The molecule has 1 fully saturated rings. The van der Waals surface area contributed by atoms with E-state index in [2.05, 4.69) is 23.8 Å². The Bertz CT molecular complexity index is 747. The molecule has 6 heteroatoms. The molecule has 6 nitrogen and oxygen atoms in total. The molecule has 0 saturated carbocycles. The van der Waals surface area contributed by atoms with Crippen molar-refractivity contribution < 1.29 is 14.3 Å². The maximum atomic E-state index is 13.2. The summed E-state index contributed by atoms with van der Waals surface area (Å²) in [5.41, 5.74) is 1.87. The Labute approximate surface area is 167 Å². The summed E-state index contributed by atoms with van der Waals surface area (Å²) in [5, 5.41) is 0. The van der Waals surface area contributed by atoms with Crippen molar-refractivity contribution in [2.75, 3.05) is 39.8 Å². The molecule has 1 aromatic carbocycles. The van der Waals surface area contributed by atoms with E-state index < -0.39 is 0 Å². The van der Waals surface area contributed by atoms with Gasteiger partial charge in [-0.15, -0.1) is 0 Å². The molecule has 2 amide bonds. The van der Waals surface area contributed by atoms with Crippen LogP contribution in [-0.2, 0) is 9.59 Å². The second kappa shape index (κ2) is 8.78. The van der Waals surface area contributed by atoms with Crippen molar-refractivity contribution in [3.05, 3.63) is 35.5 Å². The van der Waals surface area contributed by atoms with Crippen LogP contribution in [0.25, 0.3) is 5.57 Å². The average molecular weight is 386 g/mol. The number of likely N-dealkylation sites (N-methyl/N-ethyl adjacent to an activating group) is 1. The topological polar surface area (TPSA) is 53.1 Å². The Morgan fingerprint density at radius 3 is 2.21 bits per heavy atom. The van der Waals surface area contributed by atoms with Gasteiger partial charge in [-0.3, -0.25) is 14.5 Å². The number of hydrogen-bond donors (Lipinski definition) is 0. The summed E-state index contributed by atoms with van der Waals surface area (Å²) in [6.45, 7) is 9.77. The van der Waals surface area contributed by atoms with E-state index in [1.54, 1.807) is 0 Å². The van der Waals surface area contributed by atoms with E-state index in [0.717, 1.165) is 50.3 Å². The van der Waals surface area contributed by atoms with E-state index in [1.807, 2.05) is 38.1 Å². The molecule has 3 rings (SSSR count). The zero-order chi connectivity index (χ0) is 20.3. The van der Waals surface area contributed by atoms with Gasteiger partial charge in [-0.25, -0.2) is 0 Å². The minimum Gasteiger partial charge on any atom is -0.491 e. The van der Waals surface area contributed by atoms with Crippen molar-refractivity contribution in [1.82, 2.24) is 14.7 Å². The minimum absolute atomic E-state index is 0.0881. The zero-order valence-electron chi connectivity index (χ0n) is 17.4. The molecular formula is C22H31N3O3. The lowest BCUT2D eigenvalue weighted by Gasteiger charge is -2.34. The standard InChI is InChI=1S/C22H31N3O3/c1-5-6-11-25-21(26)19(17-7-9-18(10-8-17)28-16(2)3)20(22(25)27)24-14-12-23(4)13-15-24/h7-10,16H,5-6,11-15H2,1-4H3. The van der Waals surface area contributed by atoms with Crippen LogP contribution < -0.4 is 4.74 Å². The lowest BCUT2D eigenvalue weighted by molar-refractivity contribution is -0.137. The Morgan fingerprint density at radius 1 is 1.00 bits per heavy atom. The summed E-state index contributed by atoms with van der Waals surface area (Å²) in [4.78, 5) is 32.1. The van der Waals surface area contributed by atoms with Gasteiger partial charge >= 0.3 is 0 Å². The fourth-order valence-electron chi connectivity index (χ4n) is 3.64. The van der Waals surface area contributed by atoms with Crippen molar-refractivity contribution >= 4 is 17.4 Å². The van der Waals surface area contributed by atoms with Crippen LogP contribution in [0.4, 0.5) is 0 Å². The minimum atomic E-state index is -0.176. The van der Waals surface area contributed by atoms with E-state index in [-0.39, 0.29) is 17.9 Å². The lowest BCUT2D eigenvalue weighted by atomic mass is 10.0. The lowest BCUT2D eigenvalue weighted by Crippen LogP contribution is -2.46. The second-order valence-corrected chi connectivity index (χ2v) is 7.82. The fourth-order valence-corrected chi connectivity index (χ4v) is 3.64. The maximum Gasteiger partial charge on any atom is 0.277 e. The molecule has 152 valence electrons. The van der Waals surface area contributed by atoms with Gasteiger partial charge in [0.25, 0.3) is 11.8 Å². The van der Waals surface area contributed by atoms with Gasteiger partial charge in [0.15, 0.2) is 0 Å². The molecule has 0 aliphatic carbocycles.